The van der Waals surface area contributed by atoms with Crippen molar-refractivity contribution in [2.75, 3.05) is 31.6 Å². The molecule has 156 valence electrons. The molecule has 0 radical (unpaired) electrons. The van der Waals surface area contributed by atoms with Crippen LogP contribution in [0.3, 0.4) is 0 Å². The highest BCUT2D eigenvalue weighted by molar-refractivity contribution is 14.0. The largest absolute Gasteiger partial charge is 0.443 e. The molecule has 2 rings (SSSR count). The molecule has 0 aliphatic heterocycles. The van der Waals surface area contributed by atoms with Crippen LogP contribution in [-0.2, 0) is 12.0 Å². The van der Waals surface area contributed by atoms with E-state index in [0.717, 1.165) is 37.8 Å². The van der Waals surface area contributed by atoms with Gasteiger partial charge in [-0.1, -0.05) is 39.0 Å². The quantitative estimate of drug-likeness (QED) is 0.247. The third-order valence-electron chi connectivity index (χ3n) is 4.32. The number of guanidine groups is 1. The second-order valence-corrected chi connectivity index (χ2v) is 7.49. The first-order valence-corrected chi connectivity index (χ1v) is 9.63. The van der Waals surface area contributed by atoms with Gasteiger partial charge in [0, 0.05) is 37.8 Å². The summed E-state index contributed by atoms with van der Waals surface area (Å²) in [6, 6.07) is 10.5. The minimum atomic E-state index is -0.0327. The van der Waals surface area contributed by atoms with Gasteiger partial charge < -0.3 is 20.0 Å². The fourth-order valence-electron chi connectivity index (χ4n) is 2.70. The van der Waals surface area contributed by atoms with Crippen molar-refractivity contribution >= 4 is 35.6 Å². The Morgan fingerprint density at radius 3 is 2.46 bits per heavy atom. The van der Waals surface area contributed by atoms with Crippen molar-refractivity contribution in [2.45, 2.75) is 46.1 Å². The van der Waals surface area contributed by atoms with E-state index in [0.29, 0.717) is 12.4 Å². The molecule has 0 amide bonds. The van der Waals surface area contributed by atoms with Crippen LogP contribution in [0.1, 0.15) is 45.8 Å². The highest BCUT2D eigenvalue weighted by Crippen LogP contribution is 2.22. The first-order valence-electron chi connectivity index (χ1n) is 9.63. The third-order valence-corrected chi connectivity index (χ3v) is 4.32. The standard InChI is InChI=1S/C21H33N5O.HI/c1-6-26(17-11-8-7-9-12-17)14-10-13-23-20(22-5)25-16-19-24-15-18(27-19)21(2,3)4;/h7-9,11-12,15H,6,10,13-14,16H2,1-5H3,(H2,22,23,25);1H. The molecule has 2 aromatic rings. The molecule has 1 aromatic carbocycles. The van der Waals surface area contributed by atoms with Crippen molar-refractivity contribution in [3.8, 4) is 0 Å². The predicted molar refractivity (Wildman–Crippen MR) is 128 cm³/mol. The monoisotopic (exact) mass is 499 g/mol. The van der Waals surface area contributed by atoms with Gasteiger partial charge in [0.1, 0.15) is 5.76 Å². The van der Waals surface area contributed by atoms with Gasteiger partial charge >= 0.3 is 0 Å². The van der Waals surface area contributed by atoms with Crippen LogP contribution in [0.25, 0.3) is 0 Å². The molecule has 0 bridgehead atoms. The number of oxazole rings is 1. The van der Waals surface area contributed by atoms with Gasteiger partial charge in [0.05, 0.1) is 12.7 Å². The molecule has 1 aromatic heterocycles. The molecule has 1 heterocycles. The molecule has 0 fully saturated rings. The molecular formula is C21H34IN5O. The average molecular weight is 499 g/mol. The lowest BCUT2D eigenvalue weighted by molar-refractivity contribution is 0.379. The number of aliphatic imine (C=N–C) groups is 1. The Kier molecular flexibility index (Phi) is 10.3. The normalized spacial score (nSPS) is 11.7. The van der Waals surface area contributed by atoms with Crippen molar-refractivity contribution in [3.63, 3.8) is 0 Å². The molecule has 0 atom stereocenters. The van der Waals surface area contributed by atoms with Crippen molar-refractivity contribution < 1.29 is 4.42 Å². The molecule has 28 heavy (non-hydrogen) atoms. The Morgan fingerprint density at radius 2 is 1.89 bits per heavy atom. The van der Waals surface area contributed by atoms with Crippen molar-refractivity contribution in [2.24, 2.45) is 4.99 Å². The first-order chi connectivity index (χ1) is 12.9. The van der Waals surface area contributed by atoms with E-state index < -0.39 is 0 Å². The van der Waals surface area contributed by atoms with Crippen LogP contribution < -0.4 is 15.5 Å². The Balaban J connectivity index is 0.00000392. The predicted octanol–water partition coefficient (Wildman–Crippen LogP) is 4.17. The summed E-state index contributed by atoms with van der Waals surface area (Å²) in [5.41, 5.74) is 1.23. The number of halogens is 1. The molecule has 0 aliphatic carbocycles. The second-order valence-electron chi connectivity index (χ2n) is 7.49. The second kappa shape index (κ2) is 11.9. The Morgan fingerprint density at radius 1 is 1.18 bits per heavy atom. The summed E-state index contributed by atoms with van der Waals surface area (Å²) in [5, 5.41) is 6.60. The lowest BCUT2D eigenvalue weighted by Crippen LogP contribution is -2.38. The highest BCUT2D eigenvalue weighted by atomic mass is 127. The van der Waals surface area contributed by atoms with Gasteiger partial charge in [0.25, 0.3) is 0 Å². The van der Waals surface area contributed by atoms with E-state index in [1.165, 1.54) is 5.69 Å². The van der Waals surface area contributed by atoms with Crippen LogP contribution in [0.5, 0.6) is 0 Å². The first kappa shape index (κ1) is 24.3. The van der Waals surface area contributed by atoms with Gasteiger partial charge in [0.15, 0.2) is 5.96 Å². The zero-order valence-corrected chi connectivity index (χ0v) is 20.0. The van der Waals surface area contributed by atoms with E-state index in [4.69, 9.17) is 4.42 Å². The van der Waals surface area contributed by atoms with Crippen LogP contribution in [0, 0.1) is 0 Å². The summed E-state index contributed by atoms with van der Waals surface area (Å²) in [7, 11) is 1.77. The maximum Gasteiger partial charge on any atom is 0.213 e. The van der Waals surface area contributed by atoms with Crippen molar-refractivity contribution in [1.82, 2.24) is 15.6 Å². The third kappa shape index (κ3) is 7.69. The maximum absolute atomic E-state index is 5.80. The zero-order valence-electron chi connectivity index (χ0n) is 17.7. The summed E-state index contributed by atoms with van der Waals surface area (Å²) in [6.45, 7) is 11.9. The molecular weight excluding hydrogens is 465 g/mol. The minimum Gasteiger partial charge on any atom is -0.443 e. The number of para-hydroxylation sites is 1. The van der Waals surface area contributed by atoms with Gasteiger partial charge in [-0.05, 0) is 25.5 Å². The fraction of sp³-hybridized carbons (Fsp3) is 0.524. The highest BCUT2D eigenvalue weighted by Gasteiger charge is 2.19. The summed E-state index contributed by atoms with van der Waals surface area (Å²) in [6.07, 6.45) is 2.83. The number of nitrogens with one attached hydrogen (secondary N) is 2. The Labute approximate surface area is 186 Å². The van der Waals surface area contributed by atoms with Crippen molar-refractivity contribution in [1.29, 1.82) is 0 Å². The summed E-state index contributed by atoms with van der Waals surface area (Å²) in [5.74, 6) is 2.32. The van der Waals surface area contributed by atoms with E-state index in [-0.39, 0.29) is 29.4 Å². The van der Waals surface area contributed by atoms with Gasteiger partial charge in [-0.15, -0.1) is 24.0 Å². The smallest absolute Gasteiger partial charge is 0.213 e. The van der Waals surface area contributed by atoms with Crippen LogP contribution in [0.15, 0.2) is 45.9 Å². The number of nitrogens with zero attached hydrogens (tertiary/aromatic N) is 3. The van der Waals surface area contributed by atoms with Crippen molar-refractivity contribution in [3.05, 3.63) is 48.2 Å². The SMILES string of the molecule is CCN(CCCNC(=NC)NCc1ncc(C(C)(C)C)o1)c1ccccc1.I. The number of rotatable bonds is 8. The van der Waals surface area contributed by atoms with Crippen LogP contribution in [0.2, 0.25) is 0 Å². The molecule has 0 saturated carbocycles. The zero-order chi connectivity index (χ0) is 19.7. The lowest BCUT2D eigenvalue weighted by Gasteiger charge is -2.23. The molecule has 6 nitrogen and oxygen atoms in total. The number of benzene rings is 1. The maximum atomic E-state index is 5.80. The van der Waals surface area contributed by atoms with Gasteiger partial charge in [0.2, 0.25) is 5.89 Å². The number of hydrogen-bond acceptors (Lipinski definition) is 4. The summed E-state index contributed by atoms with van der Waals surface area (Å²) < 4.78 is 5.80. The molecule has 2 N–H and O–H groups in total. The van der Waals surface area contributed by atoms with Gasteiger partial charge in [-0.3, -0.25) is 4.99 Å². The van der Waals surface area contributed by atoms with Gasteiger partial charge in [-0.2, -0.15) is 0 Å². The summed E-state index contributed by atoms with van der Waals surface area (Å²) >= 11 is 0. The lowest BCUT2D eigenvalue weighted by atomic mass is 9.94. The van der Waals surface area contributed by atoms with E-state index in [9.17, 15) is 0 Å². The minimum absolute atomic E-state index is 0. The van der Waals surface area contributed by atoms with E-state index in [1.54, 1.807) is 13.2 Å². The van der Waals surface area contributed by atoms with Crippen LogP contribution >= 0.6 is 24.0 Å². The average Bonchev–Trinajstić information content (AvgIpc) is 3.14. The fourth-order valence-corrected chi connectivity index (χ4v) is 2.70. The van der Waals surface area contributed by atoms with E-state index in [1.807, 2.05) is 6.07 Å². The Hall–Kier alpha value is -1.77. The van der Waals surface area contributed by atoms with Crippen LogP contribution in [-0.4, -0.2) is 37.6 Å². The molecule has 7 heteroatoms. The topological polar surface area (TPSA) is 65.7 Å². The number of hydrogen-bond donors (Lipinski definition) is 2. The Bertz CT molecular complexity index is 709. The molecule has 0 aliphatic rings. The summed E-state index contributed by atoms with van der Waals surface area (Å²) in [4.78, 5) is 11.0. The van der Waals surface area contributed by atoms with Gasteiger partial charge in [-0.25, -0.2) is 4.98 Å². The number of anilines is 1. The molecule has 0 spiro atoms. The number of aromatic nitrogens is 1. The van der Waals surface area contributed by atoms with Crippen LogP contribution in [0.4, 0.5) is 5.69 Å². The van der Waals surface area contributed by atoms with E-state index >= 15 is 0 Å². The van der Waals surface area contributed by atoms with E-state index in [2.05, 4.69) is 77.5 Å². The molecule has 0 unspecified atom stereocenters. The molecule has 0 saturated heterocycles.